The molecular formula is C14H28O. The van der Waals surface area contributed by atoms with Crippen LogP contribution in [0.25, 0.3) is 0 Å². The van der Waals surface area contributed by atoms with E-state index in [4.69, 9.17) is 0 Å². The summed E-state index contributed by atoms with van der Waals surface area (Å²) in [5.74, 6) is 0.589. The summed E-state index contributed by atoms with van der Waals surface area (Å²) in [6, 6.07) is 0. The minimum absolute atomic E-state index is 0.256. The first-order valence-electron chi connectivity index (χ1n) is 6.20. The highest BCUT2D eigenvalue weighted by Crippen LogP contribution is 2.26. The number of unbranched alkanes of at least 4 members (excludes halogenated alkanes) is 1. The van der Waals surface area contributed by atoms with Crippen LogP contribution in [0.15, 0.2) is 12.2 Å². The monoisotopic (exact) mass is 212 g/mol. The van der Waals surface area contributed by atoms with Crippen LogP contribution in [-0.4, -0.2) is 11.2 Å². The van der Waals surface area contributed by atoms with Crippen molar-refractivity contribution in [3.8, 4) is 0 Å². The van der Waals surface area contributed by atoms with Gasteiger partial charge in [0, 0.05) is 0 Å². The highest BCUT2D eigenvalue weighted by Gasteiger charge is 2.16. The van der Waals surface area contributed by atoms with Gasteiger partial charge < -0.3 is 5.11 Å². The molecule has 0 rings (SSSR count). The van der Waals surface area contributed by atoms with Crippen molar-refractivity contribution in [3.63, 3.8) is 0 Å². The summed E-state index contributed by atoms with van der Waals surface area (Å²) in [6.07, 6.45) is 8.07. The van der Waals surface area contributed by atoms with Gasteiger partial charge in [0.25, 0.3) is 0 Å². The molecule has 0 aromatic carbocycles. The van der Waals surface area contributed by atoms with Crippen molar-refractivity contribution in [1.82, 2.24) is 0 Å². The van der Waals surface area contributed by atoms with Crippen molar-refractivity contribution in [1.29, 1.82) is 0 Å². The van der Waals surface area contributed by atoms with E-state index in [1.54, 1.807) is 0 Å². The Morgan fingerprint density at radius 2 is 1.87 bits per heavy atom. The Kier molecular flexibility index (Phi) is 6.91. The number of aliphatic hydroxyl groups excluding tert-OH is 1. The van der Waals surface area contributed by atoms with Crippen LogP contribution in [0.1, 0.15) is 60.3 Å². The van der Waals surface area contributed by atoms with Crippen molar-refractivity contribution in [2.45, 2.75) is 66.4 Å². The van der Waals surface area contributed by atoms with Crippen molar-refractivity contribution in [2.75, 3.05) is 0 Å². The molecule has 0 fully saturated rings. The van der Waals surface area contributed by atoms with E-state index in [9.17, 15) is 5.11 Å². The lowest BCUT2D eigenvalue weighted by atomic mass is 9.83. The molecule has 1 heteroatoms. The minimum Gasteiger partial charge on any atom is -0.389 e. The van der Waals surface area contributed by atoms with Gasteiger partial charge in [0.1, 0.15) is 0 Å². The summed E-state index contributed by atoms with van der Waals surface area (Å²) in [5, 5.41) is 9.76. The van der Waals surface area contributed by atoms with E-state index in [1.165, 1.54) is 6.42 Å². The van der Waals surface area contributed by atoms with Gasteiger partial charge in [0.05, 0.1) is 6.10 Å². The first kappa shape index (κ1) is 14.7. The molecule has 15 heavy (non-hydrogen) atoms. The smallest absolute Gasteiger partial charge is 0.0723 e. The highest BCUT2D eigenvalue weighted by atomic mass is 16.3. The maximum absolute atomic E-state index is 9.76. The van der Waals surface area contributed by atoms with Gasteiger partial charge in [0.15, 0.2) is 0 Å². The maximum Gasteiger partial charge on any atom is 0.0723 e. The predicted molar refractivity (Wildman–Crippen MR) is 67.9 cm³/mol. The van der Waals surface area contributed by atoms with Crippen LogP contribution in [0, 0.1) is 11.3 Å². The Labute approximate surface area is 95.6 Å². The van der Waals surface area contributed by atoms with Crippen molar-refractivity contribution < 1.29 is 5.11 Å². The summed E-state index contributed by atoms with van der Waals surface area (Å²) in [5.41, 5.74) is 0.367. The van der Waals surface area contributed by atoms with E-state index in [0.29, 0.717) is 11.3 Å². The Hall–Kier alpha value is -0.300. The van der Waals surface area contributed by atoms with Crippen molar-refractivity contribution >= 4 is 0 Å². The third-order valence-electron chi connectivity index (χ3n) is 2.42. The summed E-state index contributed by atoms with van der Waals surface area (Å²) in [6.45, 7) is 11.1. The van der Waals surface area contributed by atoms with Crippen LogP contribution in [0.3, 0.4) is 0 Å². The molecule has 0 aliphatic carbocycles. The lowest BCUT2D eigenvalue weighted by Crippen LogP contribution is -2.15. The van der Waals surface area contributed by atoms with E-state index in [-0.39, 0.29) is 6.10 Å². The fourth-order valence-corrected chi connectivity index (χ4v) is 2.04. The Bertz CT molecular complexity index is 176. The molecule has 0 bridgehead atoms. The molecule has 1 N–H and O–H groups in total. The third-order valence-corrected chi connectivity index (χ3v) is 2.42. The summed E-state index contributed by atoms with van der Waals surface area (Å²) < 4.78 is 0. The molecule has 0 heterocycles. The van der Waals surface area contributed by atoms with Gasteiger partial charge in [0.2, 0.25) is 0 Å². The van der Waals surface area contributed by atoms with E-state index >= 15 is 0 Å². The third kappa shape index (κ3) is 9.99. The molecule has 2 unspecified atom stereocenters. The molecule has 0 amide bonds. The molecule has 90 valence electrons. The fourth-order valence-electron chi connectivity index (χ4n) is 2.04. The van der Waals surface area contributed by atoms with E-state index in [1.807, 2.05) is 6.08 Å². The SMILES string of the molecule is CCCC=CC(O)CC(C)CC(C)(C)C. The standard InChI is InChI=1S/C14H28O/c1-6-7-8-9-13(15)10-12(2)11-14(3,4)5/h8-9,12-13,15H,6-7,10-11H2,1-5H3. The first-order chi connectivity index (χ1) is 6.85. The molecule has 1 nitrogen and oxygen atoms in total. The molecule has 0 aromatic rings. The second kappa shape index (κ2) is 7.05. The van der Waals surface area contributed by atoms with Gasteiger partial charge in [-0.2, -0.15) is 0 Å². The average Bonchev–Trinajstić information content (AvgIpc) is 2.00. The maximum atomic E-state index is 9.76. The quantitative estimate of drug-likeness (QED) is 0.655. The van der Waals surface area contributed by atoms with E-state index in [0.717, 1.165) is 19.3 Å². The van der Waals surface area contributed by atoms with Gasteiger partial charge in [-0.1, -0.05) is 53.2 Å². The van der Waals surface area contributed by atoms with Crippen LogP contribution in [0.2, 0.25) is 0 Å². The largest absolute Gasteiger partial charge is 0.389 e. The van der Waals surface area contributed by atoms with E-state index < -0.39 is 0 Å². The second-order valence-electron chi connectivity index (χ2n) is 5.89. The van der Waals surface area contributed by atoms with Gasteiger partial charge >= 0.3 is 0 Å². The average molecular weight is 212 g/mol. The fraction of sp³-hybridized carbons (Fsp3) is 0.857. The van der Waals surface area contributed by atoms with Crippen LogP contribution in [-0.2, 0) is 0 Å². The molecule has 0 radical (unpaired) electrons. The number of hydrogen-bond donors (Lipinski definition) is 1. The highest BCUT2D eigenvalue weighted by molar-refractivity contribution is 4.89. The number of aliphatic hydroxyl groups is 1. The lowest BCUT2D eigenvalue weighted by Gasteiger charge is -2.24. The zero-order valence-electron chi connectivity index (χ0n) is 11.1. The second-order valence-corrected chi connectivity index (χ2v) is 5.89. The van der Waals surface area contributed by atoms with E-state index in [2.05, 4.69) is 40.7 Å². The molecule has 0 aromatic heterocycles. The summed E-state index contributed by atoms with van der Waals surface area (Å²) >= 11 is 0. The van der Waals surface area contributed by atoms with Crippen LogP contribution >= 0.6 is 0 Å². The molecule has 0 saturated carbocycles. The van der Waals surface area contributed by atoms with Gasteiger partial charge in [-0.15, -0.1) is 0 Å². The summed E-state index contributed by atoms with van der Waals surface area (Å²) in [7, 11) is 0. The molecule has 0 aliphatic rings. The number of rotatable bonds is 6. The molecule has 0 saturated heterocycles. The Morgan fingerprint density at radius 1 is 1.27 bits per heavy atom. The zero-order chi connectivity index (χ0) is 11.9. The van der Waals surface area contributed by atoms with Gasteiger partial charge in [-0.3, -0.25) is 0 Å². The van der Waals surface area contributed by atoms with Gasteiger partial charge in [-0.25, -0.2) is 0 Å². The lowest BCUT2D eigenvalue weighted by molar-refractivity contribution is 0.171. The number of allylic oxidation sites excluding steroid dienone is 1. The van der Waals surface area contributed by atoms with Crippen molar-refractivity contribution in [3.05, 3.63) is 12.2 Å². The van der Waals surface area contributed by atoms with Crippen LogP contribution in [0.5, 0.6) is 0 Å². The molecule has 0 spiro atoms. The van der Waals surface area contributed by atoms with Gasteiger partial charge in [-0.05, 0) is 30.6 Å². The topological polar surface area (TPSA) is 20.2 Å². The zero-order valence-corrected chi connectivity index (χ0v) is 11.1. The van der Waals surface area contributed by atoms with Crippen molar-refractivity contribution in [2.24, 2.45) is 11.3 Å². The molecule has 2 atom stereocenters. The Balaban J connectivity index is 3.81. The first-order valence-corrected chi connectivity index (χ1v) is 6.20. The predicted octanol–water partition coefficient (Wildman–Crippen LogP) is 4.17. The number of hydrogen-bond acceptors (Lipinski definition) is 1. The molecule has 0 aliphatic heterocycles. The van der Waals surface area contributed by atoms with Crippen LogP contribution in [0.4, 0.5) is 0 Å². The summed E-state index contributed by atoms with van der Waals surface area (Å²) in [4.78, 5) is 0. The van der Waals surface area contributed by atoms with Crippen LogP contribution < -0.4 is 0 Å². The molecular weight excluding hydrogens is 184 g/mol. The Morgan fingerprint density at radius 3 is 2.33 bits per heavy atom. The minimum atomic E-state index is -0.256. The normalized spacial score (nSPS) is 16.9.